The number of rotatable bonds is 4. The number of amides is 1. The summed E-state index contributed by atoms with van der Waals surface area (Å²) in [7, 11) is 1.56. The topological polar surface area (TPSA) is 66.1 Å². The number of carbonyl (C=O) groups is 1. The van der Waals surface area contributed by atoms with Gasteiger partial charge in [-0.3, -0.25) is 9.59 Å². The highest BCUT2D eigenvalue weighted by Crippen LogP contribution is 2.20. The molecule has 0 bridgehead atoms. The molecule has 0 fully saturated rings. The predicted octanol–water partition coefficient (Wildman–Crippen LogP) is 2.98. The predicted molar refractivity (Wildman–Crippen MR) is 91.8 cm³/mol. The number of fused-ring (bicyclic) bond motifs is 1. The maximum absolute atomic E-state index is 13.8. The van der Waals surface area contributed by atoms with E-state index in [1.54, 1.807) is 18.5 Å². The van der Waals surface area contributed by atoms with Crippen molar-refractivity contribution in [2.24, 2.45) is 0 Å². The molecule has 0 atom stereocenters. The van der Waals surface area contributed by atoms with Crippen molar-refractivity contribution in [2.75, 3.05) is 7.05 Å². The summed E-state index contributed by atoms with van der Waals surface area (Å²) in [4.78, 5) is 32.6. The van der Waals surface area contributed by atoms with Gasteiger partial charge in [-0.05, 0) is 23.6 Å². The van der Waals surface area contributed by atoms with Crippen LogP contribution in [0.15, 0.2) is 34.4 Å². The average Bonchev–Trinajstić information content (AvgIpc) is 3.00. The molecule has 0 saturated carbocycles. The number of hydrogen-bond acceptors (Lipinski definition) is 4. The molecular formula is C16H13ClFN3O2S. The van der Waals surface area contributed by atoms with Gasteiger partial charge in [0, 0.05) is 17.6 Å². The number of aromatic amines is 1. The summed E-state index contributed by atoms with van der Waals surface area (Å²) < 4.78 is 14.3. The largest absolute Gasteiger partial charge is 0.338 e. The maximum atomic E-state index is 13.8. The Hall–Kier alpha value is -2.25. The van der Waals surface area contributed by atoms with Crippen LogP contribution >= 0.6 is 22.9 Å². The molecule has 5 nitrogen and oxygen atoms in total. The number of H-pyrrole nitrogens is 1. The van der Waals surface area contributed by atoms with Crippen LogP contribution in [0.3, 0.4) is 0 Å². The second-order valence-corrected chi connectivity index (χ2v) is 6.60. The Kier molecular flexibility index (Phi) is 4.64. The minimum atomic E-state index is -0.518. The van der Waals surface area contributed by atoms with E-state index < -0.39 is 5.82 Å². The molecular weight excluding hydrogens is 353 g/mol. The molecule has 0 aliphatic heterocycles. The van der Waals surface area contributed by atoms with Crippen molar-refractivity contribution in [1.29, 1.82) is 0 Å². The maximum Gasteiger partial charge on any atom is 0.268 e. The van der Waals surface area contributed by atoms with Gasteiger partial charge in [0.15, 0.2) is 0 Å². The monoisotopic (exact) mass is 365 g/mol. The van der Waals surface area contributed by atoms with Crippen molar-refractivity contribution in [3.05, 3.63) is 62.2 Å². The van der Waals surface area contributed by atoms with E-state index in [9.17, 15) is 14.0 Å². The van der Waals surface area contributed by atoms with E-state index in [2.05, 4.69) is 9.97 Å². The van der Waals surface area contributed by atoms with Gasteiger partial charge in [-0.15, -0.1) is 11.3 Å². The van der Waals surface area contributed by atoms with Gasteiger partial charge < -0.3 is 9.88 Å². The molecule has 3 rings (SSSR count). The van der Waals surface area contributed by atoms with Gasteiger partial charge in [0.1, 0.15) is 16.3 Å². The molecule has 0 aliphatic carbocycles. The van der Waals surface area contributed by atoms with Crippen LogP contribution in [0.4, 0.5) is 4.39 Å². The second-order valence-electron chi connectivity index (χ2n) is 5.27. The van der Waals surface area contributed by atoms with Crippen molar-refractivity contribution in [3.8, 4) is 0 Å². The molecule has 1 amide bonds. The molecule has 3 aromatic rings. The molecule has 2 aromatic heterocycles. The van der Waals surface area contributed by atoms with Gasteiger partial charge in [0.2, 0.25) is 5.91 Å². The van der Waals surface area contributed by atoms with E-state index in [0.29, 0.717) is 16.0 Å². The zero-order valence-corrected chi connectivity index (χ0v) is 14.2. The fourth-order valence-electron chi connectivity index (χ4n) is 2.30. The van der Waals surface area contributed by atoms with Crippen LogP contribution in [0.2, 0.25) is 5.02 Å². The van der Waals surface area contributed by atoms with E-state index in [4.69, 9.17) is 11.6 Å². The Labute approximate surface area is 145 Å². The quantitative estimate of drug-likeness (QED) is 0.773. The molecule has 0 aliphatic rings. The molecule has 1 aromatic carbocycles. The van der Waals surface area contributed by atoms with Gasteiger partial charge >= 0.3 is 0 Å². The van der Waals surface area contributed by atoms with E-state index in [0.717, 1.165) is 0 Å². The van der Waals surface area contributed by atoms with E-state index in [1.807, 2.05) is 0 Å². The van der Waals surface area contributed by atoms with Crippen LogP contribution in [0.1, 0.15) is 11.4 Å². The van der Waals surface area contributed by atoms with Crippen LogP contribution in [0.25, 0.3) is 10.2 Å². The number of benzene rings is 1. The summed E-state index contributed by atoms with van der Waals surface area (Å²) in [6, 6.07) is 6.04. The number of aromatic nitrogens is 2. The normalized spacial score (nSPS) is 11.0. The summed E-state index contributed by atoms with van der Waals surface area (Å²) in [6.07, 6.45) is -0.160. The minimum absolute atomic E-state index is 0.117. The van der Waals surface area contributed by atoms with Gasteiger partial charge in [-0.2, -0.15) is 0 Å². The summed E-state index contributed by atoms with van der Waals surface area (Å²) in [5.74, 6) is -0.466. The first-order valence-corrected chi connectivity index (χ1v) is 8.34. The number of thiophene rings is 1. The lowest BCUT2D eigenvalue weighted by molar-refractivity contribution is -0.129. The van der Waals surface area contributed by atoms with Gasteiger partial charge in [-0.25, -0.2) is 9.37 Å². The zero-order valence-electron chi connectivity index (χ0n) is 12.7. The van der Waals surface area contributed by atoms with Crippen molar-refractivity contribution < 1.29 is 9.18 Å². The highest BCUT2D eigenvalue weighted by Gasteiger charge is 2.16. The number of carbonyl (C=O) groups excluding carboxylic acids is 1. The molecule has 0 unspecified atom stereocenters. The molecule has 124 valence electrons. The van der Waals surface area contributed by atoms with Gasteiger partial charge in [0.05, 0.1) is 18.5 Å². The van der Waals surface area contributed by atoms with E-state index in [1.165, 1.54) is 34.4 Å². The fourth-order valence-corrected chi connectivity index (χ4v) is 3.25. The number of nitrogens with one attached hydrogen (secondary N) is 1. The Morgan fingerprint density at radius 1 is 1.42 bits per heavy atom. The first-order valence-electron chi connectivity index (χ1n) is 7.09. The molecule has 0 saturated heterocycles. The lowest BCUT2D eigenvalue weighted by atomic mass is 10.1. The SMILES string of the molecule is CN(Cc1nc2ccsc2c(=O)[nH]1)C(=O)Cc1c(F)cccc1Cl. The highest BCUT2D eigenvalue weighted by atomic mass is 35.5. The number of nitrogens with zero attached hydrogens (tertiary/aromatic N) is 2. The Balaban J connectivity index is 1.77. The molecule has 0 spiro atoms. The first kappa shape index (κ1) is 16.6. The summed E-state index contributed by atoms with van der Waals surface area (Å²) in [5.41, 5.74) is 0.519. The first-order chi connectivity index (χ1) is 11.5. The lowest BCUT2D eigenvalue weighted by Gasteiger charge is -2.17. The summed E-state index contributed by atoms with van der Waals surface area (Å²) >= 11 is 7.25. The van der Waals surface area contributed by atoms with Crippen molar-refractivity contribution in [2.45, 2.75) is 13.0 Å². The number of halogens is 2. The van der Waals surface area contributed by atoms with Crippen LogP contribution in [-0.2, 0) is 17.8 Å². The van der Waals surface area contributed by atoms with Gasteiger partial charge in [0.25, 0.3) is 5.56 Å². The molecule has 0 radical (unpaired) electrons. The van der Waals surface area contributed by atoms with E-state index in [-0.39, 0.29) is 35.0 Å². The zero-order chi connectivity index (χ0) is 17.3. The third-order valence-corrected chi connectivity index (χ3v) is 4.82. The molecule has 8 heteroatoms. The fraction of sp³-hybridized carbons (Fsp3) is 0.188. The number of hydrogen-bond donors (Lipinski definition) is 1. The van der Waals surface area contributed by atoms with Crippen LogP contribution in [0, 0.1) is 5.82 Å². The molecule has 2 heterocycles. The van der Waals surface area contributed by atoms with Crippen LogP contribution in [0.5, 0.6) is 0 Å². The Morgan fingerprint density at radius 3 is 2.96 bits per heavy atom. The third-order valence-electron chi connectivity index (χ3n) is 3.57. The van der Waals surface area contributed by atoms with Crippen molar-refractivity contribution in [3.63, 3.8) is 0 Å². The van der Waals surface area contributed by atoms with Crippen LogP contribution < -0.4 is 5.56 Å². The lowest BCUT2D eigenvalue weighted by Crippen LogP contribution is -2.29. The third kappa shape index (κ3) is 3.32. The standard InChI is InChI=1S/C16H13ClFN3O2S/c1-21(14(22)7-9-10(17)3-2-4-11(9)18)8-13-19-12-5-6-24-15(12)16(23)20-13/h2-6H,7-8H2,1H3,(H,19,20,23). The average molecular weight is 366 g/mol. The molecule has 1 N–H and O–H groups in total. The second kappa shape index (κ2) is 6.70. The van der Waals surface area contributed by atoms with Gasteiger partial charge in [-0.1, -0.05) is 17.7 Å². The highest BCUT2D eigenvalue weighted by molar-refractivity contribution is 7.17. The van der Waals surface area contributed by atoms with Crippen LogP contribution in [-0.4, -0.2) is 27.8 Å². The Morgan fingerprint density at radius 2 is 2.21 bits per heavy atom. The van der Waals surface area contributed by atoms with Crippen molar-refractivity contribution in [1.82, 2.24) is 14.9 Å². The summed E-state index contributed by atoms with van der Waals surface area (Å²) in [6.45, 7) is 0.117. The smallest absolute Gasteiger partial charge is 0.268 e. The van der Waals surface area contributed by atoms with Crippen molar-refractivity contribution >= 4 is 39.1 Å². The summed E-state index contributed by atoms with van der Waals surface area (Å²) in [5, 5.41) is 1.99. The Bertz CT molecular complexity index is 949. The van der Waals surface area contributed by atoms with E-state index >= 15 is 0 Å². The molecule has 24 heavy (non-hydrogen) atoms. The number of likely N-dealkylation sites (N-methyl/N-ethyl adjacent to an activating group) is 1. The minimum Gasteiger partial charge on any atom is -0.338 e.